The highest BCUT2D eigenvalue weighted by molar-refractivity contribution is 5.91. The Hall–Kier alpha value is -3.90. The number of nitrogens with zero attached hydrogens (tertiary/aromatic N) is 1. The zero-order chi connectivity index (χ0) is 25.8. The smallest absolute Gasteiger partial charge is 0.234 e. The number of benzene rings is 2. The third-order valence-electron chi connectivity index (χ3n) is 5.25. The summed E-state index contributed by atoms with van der Waals surface area (Å²) in [6.45, 7) is 3.89. The van der Waals surface area contributed by atoms with Crippen molar-refractivity contribution in [2.45, 2.75) is 26.3 Å². The predicted molar refractivity (Wildman–Crippen MR) is 134 cm³/mol. The van der Waals surface area contributed by atoms with Gasteiger partial charge in [0.1, 0.15) is 5.75 Å². The molecular weight excluding hydrogens is 436 g/mol. The average Bonchev–Trinajstić information content (AvgIpc) is 2.85. The second-order valence-electron chi connectivity index (χ2n) is 7.40. The van der Waals surface area contributed by atoms with Crippen molar-refractivity contribution in [1.82, 2.24) is 0 Å². The molecule has 0 bridgehead atoms. The number of hydrogen-bond acceptors (Lipinski definition) is 8. The van der Waals surface area contributed by atoms with Gasteiger partial charge in [0, 0.05) is 0 Å². The molecule has 2 aromatic carbocycles. The molecule has 0 radical (unpaired) electrons. The van der Waals surface area contributed by atoms with Crippen LogP contribution in [0.2, 0.25) is 0 Å². The van der Waals surface area contributed by atoms with E-state index in [0.717, 1.165) is 12.0 Å². The van der Waals surface area contributed by atoms with E-state index in [9.17, 15) is 10.1 Å². The minimum Gasteiger partial charge on any atom is -0.495 e. The molecule has 0 unspecified atom stereocenters. The van der Waals surface area contributed by atoms with Gasteiger partial charge in [-0.05, 0) is 47.4 Å². The number of ether oxygens (including phenoxy) is 4. The standard InChI is InChI=1S/C19H20N2O4.C6H14N2O/c1-22-16-6-5-12(8-15(16)21)7-14(11-20)13-9-17(23-2)19(25-4)18(10-13)24-3;1-3-4(2)5(7)6(8)9/h5-10H,21H2,1-4H3;4-5H,3,7H2,1-2H3,(H2,8,9)/b14-7-;/t;4-,5-/m.0/s1. The van der Waals surface area contributed by atoms with Crippen molar-refractivity contribution in [1.29, 1.82) is 5.26 Å². The minimum absolute atomic E-state index is 0.197. The topological polar surface area (TPSA) is 156 Å². The van der Waals surface area contributed by atoms with Crippen LogP contribution in [0.1, 0.15) is 31.4 Å². The SMILES string of the molecule is CC[C@H](C)[C@H](N)C(N)=O.COc1ccc(/C=C(/C#N)c2cc(OC)c(OC)c(OC)c2)cc1N. The molecule has 0 aromatic heterocycles. The Bertz CT molecular complexity index is 1020. The van der Waals surface area contributed by atoms with Crippen molar-refractivity contribution in [3.05, 3.63) is 41.5 Å². The first-order valence-corrected chi connectivity index (χ1v) is 10.6. The number of carbonyl (C=O) groups is 1. The van der Waals surface area contributed by atoms with E-state index in [1.807, 2.05) is 19.9 Å². The molecule has 1 amide bonds. The first-order valence-electron chi connectivity index (χ1n) is 10.6. The molecule has 0 aliphatic carbocycles. The first-order chi connectivity index (χ1) is 16.2. The van der Waals surface area contributed by atoms with Crippen LogP contribution in [0.25, 0.3) is 11.6 Å². The fraction of sp³-hybridized carbons (Fsp3) is 0.360. The fourth-order valence-corrected chi connectivity index (χ4v) is 2.96. The molecule has 2 rings (SSSR count). The Balaban J connectivity index is 0.000000546. The number of hydrogen-bond donors (Lipinski definition) is 3. The van der Waals surface area contributed by atoms with E-state index in [1.165, 1.54) is 21.3 Å². The molecule has 9 nitrogen and oxygen atoms in total. The summed E-state index contributed by atoms with van der Waals surface area (Å²) in [7, 11) is 6.14. The third kappa shape index (κ3) is 7.32. The summed E-state index contributed by atoms with van der Waals surface area (Å²) in [6, 6.07) is 10.5. The van der Waals surface area contributed by atoms with Gasteiger partial charge in [-0.25, -0.2) is 0 Å². The van der Waals surface area contributed by atoms with Crippen LogP contribution < -0.4 is 36.1 Å². The lowest BCUT2D eigenvalue weighted by molar-refractivity contribution is -0.120. The number of rotatable bonds is 9. The van der Waals surface area contributed by atoms with Gasteiger partial charge in [-0.15, -0.1) is 0 Å². The normalized spacial score (nSPS) is 12.4. The summed E-state index contributed by atoms with van der Waals surface area (Å²) in [5.41, 5.74) is 18.6. The zero-order valence-corrected chi connectivity index (χ0v) is 20.5. The summed E-state index contributed by atoms with van der Waals surface area (Å²) in [5.74, 6) is 1.80. The second kappa shape index (κ2) is 13.6. The maximum atomic E-state index is 10.4. The second-order valence-corrected chi connectivity index (χ2v) is 7.40. The van der Waals surface area contributed by atoms with E-state index in [4.69, 9.17) is 36.1 Å². The first kappa shape index (κ1) is 28.1. The number of methoxy groups -OCH3 is 4. The van der Waals surface area contributed by atoms with Crippen molar-refractivity contribution in [2.75, 3.05) is 34.2 Å². The van der Waals surface area contributed by atoms with Crippen molar-refractivity contribution in [3.63, 3.8) is 0 Å². The Labute approximate surface area is 201 Å². The van der Waals surface area contributed by atoms with E-state index in [-0.39, 0.29) is 5.92 Å². The van der Waals surface area contributed by atoms with Gasteiger partial charge in [0.15, 0.2) is 11.5 Å². The molecule has 0 heterocycles. The average molecular weight is 471 g/mol. The van der Waals surface area contributed by atoms with Crippen LogP contribution >= 0.6 is 0 Å². The van der Waals surface area contributed by atoms with Crippen LogP contribution in [0.3, 0.4) is 0 Å². The predicted octanol–water partition coefficient (Wildman–Crippen LogP) is 3.21. The van der Waals surface area contributed by atoms with Crippen molar-refractivity contribution >= 4 is 23.2 Å². The summed E-state index contributed by atoms with van der Waals surface area (Å²) in [6.07, 6.45) is 2.63. The van der Waals surface area contributed by atoms with Gasteiger partial charge in [-0.1, -0.05) is 26.3 Å². The van der Waals surface area contributed by atoms with Gasteiger partial charge in [-0.3, -0.25) is 4.79 Å². The van der Waals surface area contributed by atoms with E-state index >= 15 is 0 Å². The van der Waals surface area contributed by atoms with Crippen LogP contribution in [0.5, 0.6) is 23.0 Å². The minimum atomic E-state index is -0.477. The third-order valence-corrected chi connectivity index (χ3v) is 5.25. The molecule has 0 aliphatic heterocycles. The van der Waals surface area contributed by atoms with Crippen LogP contribution in [0.4, 0.5) is 5.69 Å². The zero-order valence-electron chi connectivity index (χ0n) is 20.5. The lowest BCUT2D eigenvalue weighted by atomic mass is 10.00. The molecule has 34 heavy (non-hydrogen) atoms. The van der Waals surface area contributed by atoms with Crippen molar-refractivity contribution in [3.8, 4) is 29.1 Å². The quantitative estimate of drug-likeness (QED) is 0.286. The highest BCUT2D eigenvalue weighted by Crippen LogP contribution is 2.40. The summed E-state index contributed by atoms with van der Waals surface area (Å²) in [4.78, 5) is 10.4. The number of carbonyl (C=O) groups excluding carboxylic acids is 1. The molecule has 2 atom stereocenters. The van der Waals surface area contributed by atoms with Gasteiger partial charge >= 0.3 is 0 Å². The maximum absolute atomic E-state index is 10.4. The number of anilines is 1. The number of allylic oxidation sites excluding steroid dienone is 1. The summed E-state index contributed by atoms with van der Waals surface area (Å²) in [5, 5.41) is 9.58. The van der Waals surface area contributed by atoms with Gasteiger partial charge < -0.3 is 36.1 Å². The maximum Gasteiger partial charge on any atom is 0.234 e. The molecule has 6 N–H and O–H groups in total. The van der Waals surface area contributed by atoms with E-state index < -0.39 is 11.9 Å². The largest absolute Gasteiger partial charge is 0.495 e. The number of nitriles is 1. The van der Waals surface area contributed by atoms with Gasteiger partial charge in [0.25, 0.3) is 0 Å². The van der Waals surface area contributed by atoms with Gasteiger partial charge in [-0.2, -0.15) is 5.26 Å². The number of amides is 1. The van der Waals surface area contributed by atoms with Gasteiger partial charge in [0.05, 0.1) is 51.8 Å². The Morgan fingerprint density at radius 1 is 1.03 bits per heavy atom. The Kier molecular flexibility index (Phi) is 11.3. The Morgan fingerprint density at radius 3 is 1.94 bits per heavy atom. The molecular formula is C25H34N4O5. The molecule has 9 heteroatoms. The van der Waals surface area contributed by atoms with Crippen molar-refractivity contribution < 1.29 is 23.7 Å². The monoisotopic (exact) mass is 470 g/mol. The fourth-order valence-electron chi connectivity index (χ4n) is 2.96. The highest BCUT2D eigenvalue weighted by Gasteiger charge is 2.16. The molecule has 0 saturated carbocycles. The molecule has 0 fully saturated rings. The summed E-state index contributed by atoms with van der Waals surface area (Å²) >= 11 is 0. The Morgan fingerprint density at radius 2 is 1.59 bits per heavy atom. The molecule has 0 saturated heterocycles. The molecule has 0 aliphatic rings. The lowest BCUT2D eigenvalue weighted by Crippen LogP contribution is -2.41. The van der Waals surface area contributed by atoms with Crippen LogP contribution in [0, 0.1) is 17.2 Å². The van der Waals surface area contributed by atoms with Crippen LogP contribution in [0.15, 0.2) is 30.3 Å². The number of nitrogens with two attached hydrogens (primary N) is 3. The lowest BCUT2D eigenvalue weighted by Gasteiger charge is -2.14. The summed E-state index contributed by atoms with van der Waals surface area (Å²) < 4.78 is 21.1. The van der Waals surface area contributed by atoms with Gasteiger partial charge in [0.2, 0.25) is 11.7 Å². The van der Waals surface area contributed by atoms with E-state index in [0.29, 0.717) is 39.8 Å². The molecule has 0 spiro atoms. The van der Waals surface area contributed by atoms with E-state index in [2.05, 4.69) is 6.07 Å². The molecule has 184 valence electrons. The van der Waals surface area contributed by atoms with E-state index in [1.54, 1.807) is 37.5 Å². The van der Waals surface area contributed by atoms with Crippen LogP contribution in [-0.2, 0) is 4.79 Å². The van der Waals surface area contributed by atoms with Crippen LogP contribution in [-0.4, -0.2) is 40.4 Å². The highest BCUT2D eigenvalue weighted by atomic mass is 16.5. The van der Waals surface area contributed by atoms with Crippen molar-refractivity contribution in [2.24, 2.45) is 17.4 Å². The molecule has 2 aromatic rings. The number of primary amides is 1. The number of nitrogen functional groups attached to an aromatic ring is 1.